The molecule has 1 aliphatic rings. The molecule has 1 atom stereocenters. The number of furan rings is 1. The number of amides is 1. The zero-order chi connectivity index (χ0) is 18.8. The molecule has 27 heavy (non-hydrogen) atoms. The summed E-state index contributed by atoms with van der Waals surface area (Å²) < 4.78 is 16.3. The molecule has 1 fully saturated rings. The molecule has 8 nitrogen and oxygen atoms in total. The average Bonchev–Trinajstić information content (AvgIpc) is 3.28. The van der Waals surface area contributed by atoms with Crippen LogP contribution in [-0.4, -0.2) is 47.3 Å². The molecular weight excluding hydrogens is 372 g/mol. The lowest BCUT2D eigenvalue weighted by Gasteiger charge is -2.13. The summed E-state index contributed by atoms with van der Waals surface area (Å²) >= 11 is 6.19. The maximum Gasteiger partial charge on any atom is 0.410 e. The molecule has 1 N–H and O–H groups in total. The molecule has 0 saturated carbocycles. The lowest BCUT2D eigenvalue weighted by atomic mass is 10.2. The zero-order valence-corrected chi connectivity index (χ0v) is 15.3. The Bertz CT molecular complexity index is 963. The van der Waals surface area contributed by atoms with Gasteiger partial charge in [0.1, 0.15) is 23.0 Å². The lowest BCUT2D eigenvalue weighted by molar-refractivity contribution is 0.102. The molecule has 3 aromatic rings. The predicted molar refractivity (Wildman–Crippen MR) is 99.0 cm³/mol. The van der Waals surface area contributed by atoms with E-state index in [0.717, 1.165) is 16.8 Å². The highest BCUT2D eigenvalue weighted by Crippen LogP contribution is 2.30. The third-order valence-electron chi connectivity index (χ3n) is 4.16. The number of halogens is 1. The van der Waals surface area contributed by atoms with Crippen LogP contribution in [0.25, 0.3) is 10.9 Å². The number of carbonyl (C=O) groups excluding carboxylic acids is 1. The fraction of sp³-hybridized carbons (Fsp3) is 0.278. The maximum absolute atomic E-state index is 11.5. The van der Waals surface area contributed by atoms with Crippen molar-refractivity contribution in [2.75, 3.05) is 25.5 Å². The van der Waals surface area contributed by atoms with E-state index in [2.05, 4.69) is 15.3 Å². The Kier molecular flexibility index (Phi) is 4.72. The normalized spacial score (nSPS) is 16.6. The molecule has 1 aliphatic heterocycles. The van der Waals surface area contributed by atoms with Crippen molar-refractivity contribution >= 4 is 34.3 Å². The first-order valence-corrected chi connectivity index (χ1v) is 8.74. The molecule has 0 aliphatic carbocycles. The maximum atomic E-state index is 11.5. The number of cyclic esters (lactones) is 1. The Morgan fingerprint density at radius 1 is 1.44 bits per heavy atom. The number of pyridine rings is 2. The SMILES string of the molecule is CN1C[C@H](COc2nccc3c(NCc4ccco4)cc(Cl)nc23)OC1=O. The fourth-order valence-corrected chi connectivity index (χ4v) is 3.05. The van der Waals surface area contributed by atoms with Crippen LogP contribution in [0.1, 0.15) is 5.76 Å². The average molecular weight is 389 g/mol. The van der Waals surface area contributed by atoms with Crippen LogP contribution < -0.4 is 10.1 Å². The van der Waals surface area contributed by atoms with Gasteiger partial charge >= 0.3 is 6.09 Å². The van der Waals surface area contributed by atoms with Gasteiger partial charge in [-0.2, -0.15) is 0 Å². The summed E-state index contributed by atoms with van der Waals surface area (Å²) in [5.74, 6) is 1.13. The summed E-state index contributed by atoms with van der Waals surface area (Å²) in [5, 5.41) is 4.42. The van der Waals surface area contributed by atoms with Gasteiger partial charge in [0.2, 0.25) is 5.88 Å². The minimum absolute atomic E-state index is 0.186. The van der Waals surface area contributed by atoms with E-state index in [1.807, 2.05) is 18.2 Å². The van der Waals surface area contributed by atoms with Crippen LogP contribution in [-0.2, 0) is 11.3 Å². The van der Waals surface area contributed by atoms with Crippen molar-refractivity contribution in [3.8, 4) is 5.88 Å². The van der Waals surface area contributed by atoms with Crippen molar-refractivity contribution in [1.82, 2.24) is 14.9 Å². The second-order valence-electron chi connectivity index (χ2n) is 6.14. The van der Waals surface area contributed by atoms with Crippen molar-refractivity contribution in [1.29, 1.82) is 0 Å². The van der Waals surface area contributed by atoms with Crippen molar-refractivity contribution in [3.63, 3.8) is 0 Å². The molecule has 0 spiro atoms. The molecule has 0 unspecified atom stereocenters. The number of fused-ring (bicyclic) bond motifs is 1. The van der Waals surface area contributed by atoms with Crippen LogP contribution in [0.2, 0.25) is 5.15 Å². The molecule has 9 heteroatoms. The van der Waals surface area contributed by atoms with Crippen molar-refractivity contribution in [2.45, 2.75) is 12.6 Å². The number of likely N-dealkylation sites (N-methyl/N-ethyl adjacent to an activating group) is 1. The van der Waals surface area contributed by atoms with Crippen LogP contribution in [0, 0.1) is 0 Å². The van der Waals surface area contributed by atoms with Crippen LogP contribution >= 0.6 is 11.6 Å². The Hall–Kier alpha value is -3.00. The van der Waals surface area contributed by atoms with Gasteiger partial charge in [-0.25, -0.2) is 14.8 Å². The monoisotopic (exact) mass is 388 g/mol. The van der Waals surface area contributed by atoms with Gasteiger partial charge in [0.25, 0.3) is 0 Å². The first-order valence-electron chi connectivity index (χ1n) is 8.36. The molecule has 4 rings (SSSR count). The number of anilines is 1. The summed E-state index contributed by atoms with van der Waals surface area (Å²) in [6, 6.07) is 7.29. The largest absolute Gasteiger partial charge is 0.472 e. The highest BCUT2D eigenvalue weighted by molar-refractivity contribution is 6.30. The van der Waals surface area contributed by atoms with Crippen molar-refractivity contribution in [3.05, 3.63) is 47.6 Å². The minimum atomic E-state index is -0.361. The van der Waals surface area contributed by atoms with Crippen molar-refractivity contribution in [2.24, 2.45) is 0 Å². The number of aromatic nitrogens is 2. The number of rotatable bonds is 6. The quantitative estimate of drug-likeness (QED) is 0.648. The Balaban J connectivity index is 1.56. The predicted octanol–water partition coefficient (Wildman–Crippen LogP) is 3.32. The van der Waals surface area contributed by atoms with Crippen LogP contribution in [0.3, 0.4) is 0 Å². The molecule has 3 aromatic heterocycles. The van der Waals surface area contributed by atoms with E-state index >= 15 is 0 Å². The molecule has 1 amide bonds. The van der Waals surface area contributed by atoms with E-state index in [-0.39, 0.29) is 18.8 Å². The number of ether oxygens (including phenoxy) is 2. The summed E-state index contributed by atoms with van der Waals surface area (Å²) in [5.41, 5.74) is 1.32. The molecule has 140 valence electrons. The second-order valence-corrected chi connectivity index (χ2v) is 6.52. The molecule has 0 aromatic carbocycles. The van der Waals surface area contributed by atoms with Gasteiger partial charge in [-0.1, -0.05) is 11.6 Å². The second kappa shape index (κ2) is 7.32. The van der Waals surface area contributed by atoms with E-state index < -0.39 is 0 Å². The van der Waals surface area contributed by atoms with E-state index in [1.54, 1.807) is 25.6 Å². The van der Waals surface area contributed by atoms with Gasteiger partial charge in [0.15, 0.2) is 6.10 Å². The molecule has 1 saturated heterocycles. The minimum Gasteiger partial charge on any atom is -0.472 e. The summed E-state index contributed by atoms with van der Waals surface area (Å²) in [6.07, 6.45) is 2.55. The van der Waals surface area contributed by atoms with Gasteiger partial charge in [-0.05, 0) is 24.3 Å². The van der Waals surface area contributed by atoms with E-state index in [0.29, 0.717) is 29.6 Å². The number of hydrogen-bond donors (Lipinski definition) is 1. The van der Waals surface area contributed by atoms with Gasteiger partial charge in [-0.15, -0.1) is 0 Å². The smallest absolute Gasteiger partial charge is 0.410 e. The highest BCUT2D eigenvalue weighted by atomic mass is 35.5. The summed E-state index contributed by atoms with van der Waals surface area (Å²) in [6.45, 7) is 1.16. The number of nitrogens with one attached hydrogen (secondary N) is 1. The van der Waals surface area contributed by atoms with Gasteiger partial charge in [0.05, 0.1) is 19.4 Å². The molecule has 4 heterocycles. The number of carbonyl (C=O) groups is 1. The number of hydrogen-bond acceptors (Lipinski definition) is 7. The van der Waals surface area contributed by atoms with Crippen LogP contribution in [0.15, 0.2) is 41.1 Å². The van der Waals surface area contributed by atoms with Crippen LogP contribution in [0.5, 0.6) is 5.88 Å². The molecule has 0 bridgehead atoms. The Morgan fingerprint density at radius 3 is 3.07 bits per heavy atom. The lowest BCUT2D eigenvalue weighted by Crippen LogP contribution is -2.23. The zero-order valence-electron chi connectivity index (χ0n) is 14.5. The van der Waals surface area contributed by atoms with Crippen LogP contribution in [0.4, 0.5) is 10.5 Å². The third-order valence-corrected chi connectivity index (χ3v) is 4.35. The Morgan fingerprint density at radius 2 is 2.33 bits per heavy atom. The third kappa shape index (κ3) is 3.75. The molecule has 0 radical (unpaired) electrons. The standard InChI is InChI=1S/C18H17ClN4O4/c1-23-9-12(27-18(23)24)10-26-17-16-13(4-5-20-17)14(7-15(19)22-16)21-8-11-3-2-6-25-11/h2-7,12H,8-10H2,1H3,(H,21,22)/t12-/m1/s1. The topological polar surface area (TPSA) is 89.7 Å². The van der Waals surface area contributed by atoms with E-state index in [4.69, 9.17) is 25.5 Å². The highest BCUT2D eigenvalue weighted by Gasteiger charge is 2.29. The van der Waals surface area contributed by atoms with Gasteiger partial charge in [0, 0.05) is 24.3 Å². The summed E-state index contributed by atoms with van der Waals surface area (Å²) in [4.78, 5) is 21.6. The Labute approximate surface area is 160 Å². The number of nitrogens with zero attached hydrogens (tertiary/aromatic N) is 3. The van der Waals surface area contributed by atoms with Crippen molar-refractivity contribution < 1.29 is 18.7 Å². The fourth-order valence-electron chi connectivity index (χ4n) is 2.85. The molecular formula is C18H17ClN4O4. The first-order chi connectivity index (χ1) is 13.1. The summed E-state index contributed by atoms with van der Waals surface area (Å²) in [7, 11) is 1.68. The van der Waals surface area contributed by atoms with E-state index in [9.17, 15) is 4.79 Å². The van der Waals surface area contributed by atoms with Gasteiger partial charge in [-0.3, -0.25) is 0 Å². The first kappa shape index (κ1) is 17.4. The van der Waals surface area contributed by atoms with Gasteiger partial charge < -0.3 is 24.1 Å². The van der Waals surface area contributed by atoms with E-state index in [1.165, 1.54) is 4.90 Å².